The van der Waals surface area contributed by atoms with Crippen molar-refractivity contribution in [3.8, 4) is 0 Å². The summed E-state index contributed by atoms with van der Waals surface area (Å²) in [6, 6.07) is 2.00. The molecule has 2 rings (SSSR count). The Balaban J connectivity index is 2.57. The summed E-state index contributed by atoms with van der Waals surface area (Å²) in [5.41, 5.74) is 5.98. The van der Waals surface area contributed by atoms with Gasteiger partial charge in [-0.15, -0.1) is 0 Å². The summed E-state index contributed by atoms with van der Waals surface area (Å²) < 4.78 is 27.2. The first kappa shape index (κ1) is 12.8. The van der Waals surface area contributed by atoms with Crippen LogP contribution in [0.2, 0.25) is 0 Å². The lowest BCUT2D eigenvalue weighted by atomic mass is 10.2. The maximum atomic E-state index is 13.9. The predicted octanol–water partition coefficient (Wildman–Crippen LogP) is 1.10. The molecule has 6 heteroatoms. The Morgan fingerprint density at radius 1 is 1.39 bits per heavy atom. The fraction of sp³-hybridized carbons (Fsp3) is 0.417. The van der Waals surface area contributed by atoms with E-state index in [9.17, 15) is 13.6 Å². The quantitative estimate of drug-likeness (QED) is 0.860. The second-order valence-corrected chi connectivity index (χ2v) is 4.23. The summed E-state index contributed by atoms with van der Waals surface area (Å²) in [6.07, 6.45) is 0.256. The van der Waals surface area contributed by atoms with Gasteiger partial charge in [0.05, 0.1) is 11.4 Å². The molecule has 0 aromatic heterocycles. The number of benzene rings is 1. The Morgan fingerprint density at radius 3 is 2.78 bits per heavy atom. The molecule has 1 aliphatic rings. The van der Waals surface area contributed by atoms with Gasteiger partial charge in [0, 0.05) is 39.2 Å². The molecule has 0 spiro atoms. The molecule has 1 aliphatic heterocycles. The fourth-order valence-electron chi connectivity index (χ4n) is 2.15. The van der Waals surface area contributed by atoms with Gasteiger partial charge in [-0.25, -0.2) is 8.78 Å². The van der Waals surface area contributed by atoms with Crippen molar-refractivity contribution in [2.75, 3.05) is 36.5 Å². The number of anilines is 2. The van der Waals surface area contributed by atoms with Gasteiger partial charge < -0.3 is 15.5 Å². The van der Waals surface area contributed by atoms with Crippen molar-refractivity contribution in [2.45, 2.75) is 6.42 Å². The first-order chi connectivity index (χ1) is 8.54. The summed E-state index contributed by atoms with van der Waals surface area (Å²) in [4.78, 5) is 14.7. The summed E-state index contributed by atoms with van der Waals surface area (Å²) in [5, 5.41) is 0. The van der Waals surface area contributed by atoms with Gasteiger partial charge in [0.1, 0.15) is 5.82 Å². The Labute approximate surface area is 104 Å². The van der Waals surface area contributed by atoms with Crippen LogP contribution in [0.5, 0.6) is 0 Å². The molecule has 1 heterocycles. The third kappa shape index (κ3) is 2.15. The zero-order valence-electron chi connectivity index (χ0n) is 10.1. The molecule has 18 heavy (non-hydrogen) atoms. The van der Waals surface area contributed by atoms with E-state index in [0.29, 0.717) is 19.6 Å². The predicted molar refractivity (Wildman–Crippen MR) is 65.7 cm³/mol. The minimum atomic E-state index is -0.694. The molecule has 0 bridgehead atoms. The van der Waals surface area contributed by atoms with E-state index in [1.165, 1.54) is 18.0 Å². The number of fused-ring (bicyclic) bond motifs is 1. The van der Waals surface area contributed by atoms with Crippen molar-refractivity contribution in [1.29, 1.82) is 0 Å². The van der Waals surface area contributed by atoms with Gasteiger partial charge in [0.2, 0.25) is 5.91 Å². The molecule has 1 aromatic carbocycles. The average Bonchev–Trinajstić information content (AvgIpc) is 2.42. The van der Waals surface area contributed by atoms with Crippen LogP contribution < -0.4 is 15.5 Å². The molecule has 98 valence electrons. The minimum Gasteiger partial charge on any atom is -0.366 e. The van der Waals surface area contributed by atoms with Gasteiger partial charge in [-0.1, -0.05) is 0 Å². The van der Waals surface area contributed by atoms with Gasteiger partial charge >= 0.3 is 0 Å². The number of carbonyl (C=O) groups excluding carboxylic acids is 1. The molecule has 0 unspecified atom stereocenters. The minimum absolute atomic E-state index is 0.166. The normalized spacial score (nSPS) is 15.7. The lowest BCUT2D eigenvalue weighted by Crippen LogP contribution is -2.31. The summed E-state index contributed by atoms with van der Waals surface area (Å²) in [6.45, 7) is 1.15. The number of rotatable bonds is 2. The highest BCUT2D eigenvalue weighted by atomic mass is 19.1. The molecule has 0 radical (unpaired) electrons. The molecular formula is C12H15F2N3O. The first-order valence-electron chi connectivity index (χ1n) is 5.75. The third-order valence-electron chi connectivity index (χ3n) is 3.05. The first-order valence-corrected chi connectivity index (χ1v) is 5.75. The third-order valence-corrected chi connectivity index (χ3v) is 3.05. The summed E-state index contributed by atoms with van der Waals surface area (Å²) in [5.74, 6) is -1.53. The van der Waals surface area contributed by atoms with Crippen molar-refractivity contribution in [2.24, 2.45) is 5.73 Å². The Kier molecular flexibility index (Phi) is 3.47. The van der Waals surface area contributed by atoms with Crippen LogP contribution in [0.15, 0.2) is 12.1 Å². The monoisotopic (exact) mass is 255 g/mol. The molecule has 0 saturated carbocycles. The number of hydrogen-bond acceptors (Lipinski definition) is 3. The molecular weight excluding hydrogens is 240 g/mol. The van der Waals surface area contributed by atoms with Crippen LogP contribution in [0, 0.1) is 11.6 Å². The zero-order chi connectivity index (χ0) is 13.3. The highest BCUT2D eigenvalue weighted by molar-refractivity contribution is 5.98. The van der Waals surface area contributed by atoms with Gasteiger partial charge in [-0.05, 0) is 6.07 Å². The van der Waals surface area contributed by atoms with E-state index in [2.05, 4.69) is 0 Å². The topological polar surface area (TPSA) is 49.6 Å². The number of carbonyl (C=O) groups is 1. The van der Waals surface area contributed by atoms with Gasteiger partial charge in [-0.2, -0.15) is 0 Å². The van der Waals surface area contributed by atoms with Crippen LogP contribution in [0.3, 0.4) is 0 Å². The molecule has 0 aliphatic carbocycles. The Morgan fingerprint density at radius 2 is 2.11 bits per heavy atom. The number of hydrogen-bond donors (Lipinski definition) is 1. The molecule has 1 amide bonds. The van der Waals surface area contributed by atoms with Crippen LogP contribution in [-0.2, 0) is 4.79 Å². The Bertz CT molecular complexity index is 479. The van der Waals surface area contributed by atoms with E-state index in [1.807, 2.05) is 0 Å². The summed E-state index contributed by atoms with van der Waals surface area (Å²) >= 11 is 0. The molecule has 0 atom stereocenters. The smallest absolute Gasteiger partial charge is 0.228 e. The van der Waals surface area contributed by atoms with Gasteiger partial charge in [0.15, 0.2) is 5.82 Å². The fourth-order valence-corrected chi connectivity index (χ4v) is 2.15. The van der Waals surface area contributed by atoms with Crippen molar-refractivity contribution in [3.63, 3.8) is 0 Å². The highest BCUT2D eigenvalue weighted by Crippen LogP contribution is 2.35. The molecule has 4 nitrogen and oxygen atoms in total. The van der Waals surface area contributed by atoms with E-state index in [4.69, 9.17) is 5.73 Å². The van der Waals surface area contributed by atoms with E-state index in [1.54, 1.807) is 4.90 Å². The van der Waals surface area contributed by atoms with E-state index in [-0.39, 0.29) is 23.7 Å². The van der Waals surface area contributed by atoms with Crippen LogP contribution >= 0.6 is 0 Å². The standard InChI is InChI=1S/C12H15F2N3O/c1-16-10-7-8(13)6-9(14)12(10)17(5-3-15)4-2-11(16)18/h6-7H,2-5,15H2,1H3. The lowest BCUT2D eigenvalue weighted by molar-refractivity contribution is -0.118. The second-order valence-electron chi connectivity index (χ2n) is 4.23. The SMILES string of the molecule is CN1C(=O)CCN(CCN)c2c(F)cc(F)cc21. The van der Waals surface area contributed by atoms with Crippen molar-refractivity contribution >= 4 is 17.3 Å². The maximum Gasteiger partial charge on any atom is 0.228 e. The van der Waals surface area contributed by atoms with Crippen molar-refractivity contribution < 1.29 is 13.6 Å². The maximum absolute atomic E-state index is 13.9. The lowest BCUT2D eigenvalue weighted by Gasteiger charge is -2.25. The van der Waals surface area contributed by atoms with E-state index in [0.717, 1.165) is 6.07 Å². The molecule has 1 aromatic rings. The molecule has 0 fully saturated rings. The van der Waals surface area contributed by atoms with E-state index < -0.39 is 11.6 Å². The zero-order valence-corrected chi connectivity index (χ0v) is 10.1. The molecule has 0 saturated heterocycles. The average molecular weight is 255 g/mol. The second kappa shape index (κ2) is 4.89. The molecule has 2 N–H and O–H groups in total. The van der Waals surface area contributed by atoms with Crippen molar-refractivity contribution in [1.82, 2.24) is 0 Å². The van der Waals surface area contributed by atoms with Crippen LogP contribution in [-0.4, -0.2) is 32.6 Å². The van der Waals surface area contributed by atoms with Gasteiger partial charge in [-0.3, -0.25) is 4.79 Å². The van der Waals surface area contributed by atoms with Gasteiger partial charge in [0.25, 0.3) is 0 Å². The van der Waals surface area contributed by atoms with Crippen LogP contribution in [0.25, 0.3) is 0 Å². The Hall–Kier alpha value is -1.69. The number of nitrogens with zero attached hydrogens (tertiary/aromatic N) is 2. The summed E-state index contributed by atoms with van der Waals surface area (Å²) in [7, 11) is 1.52. The van der Waals surface area contributed by atoms with Crippen LogP contribution in [0.1, 0.15) is 6.42 Å². The highest BCUT2D eigenvalue weighted by Gasteiger charge is 2.26. The van der Waals surface area contributed by atoms with E-state index >= 15 is 0 Å². The largest absolute Gasteiger partial charge is 0.366 e. The number of halogens is 2. The van der Waals surface area contributed by atoms with Crippen LogP contribution in [0.4, 0.5) is 20.2 Å². The number of amides is 1. The number of nitrogens with two attached hydrogens (primary N) is 1. The van der Waals surface area contributed by atoms with Crippen molar-refractivity contribution in [3.05, 3.63) is 23.8 Å².